The molecule has 0 aromatic heterocycles. The van der Waals surface area contributed by atoms with Crippen molar-refractivity contribution >= 4 is 6.08 Å². The van der Waals surface area contributed by atoms with Gasteiger partial charge in [-0.2, -0.15) is 0 Å². The molecule has 114 valence electrons. The summed E-state index contributed by atoms with van der Waals surface area (Å²) in [7, 11) is 0. The minimum Gasteiger partial charge on any atom is -0.0795 e. The predicted molar refractivity (Wildman–Crippen MR) is 101 cm³/mol. The summed E-state index contributed by atoms with van der Waals surface area (Å²) in [6.45, 7) is 4.24. The minimum atomic E-state index is 0.972. The van der Waals surface area contributed by atoms with E-state index in [1.165, 1.54) is 33.4 Å². The van der Waals surface area contributed by atoms with Crippen LogP contribution in [0.1, 0.15) is 22.3 Å². The van der Waals surface area contributed by atoms with Crippen molar-refractivity contribution in [3.63, 3.8) is 0 Å². The number of allylic oxidation sites excluding steroid dienone is 1. The van der Waals surface area contributed by atoms with Gasteiger partial charge in [0.15, 0.2) is 0 Å². The second-order valence-electron chi connectivity index (χ2n) is 6.08. The second-order valence-corrected chi connectivity index (χ2v) is 6.08. The first kappa shape index (κ1) is 15.3. The van der Waals surface area contributed by atoms with Gasteiger partial charge in [0.25, 0.3) is 0 Å². The van der Waals surface area contributed by atoms with E-state index in [1.807, 2.05) is 0 Å². The topological polar surface area (TPSA) is 0 Å². The summed E-state index contributed by atoms with van der Waals surface area (Å²) in [4.78, 5) is 0. The standard InChI is InChI=1S/C23H22/c1-18-6-10-20(11-7-18)4-3-5-21-12-16-23(17-13-21)22-14-8-19(2)9-15-22/h3,5-17H,4H2,1-2H3. The highest BCUT2D eigenvalue weighted by Gasteiger charge is 1.97. The van der Waals surface area contributed by atoms with E-state index in [1.54, 1.807) is 0 Å². The van der Waals surface area contributed by atoms with Crippen LogP contribution in [-0.4, -0.2) is 0 Å². The van der Waals surface area contributed by atoms with Crippen LogP contribution in [0.5, 0.6) is 0 Å². The molecule has 3 aromatic carbocycles. The third kappa shape index (κ3) is 4.20. The molecule has 0 heteroatoms. The fraction of sp³-hybridized carbons (Fsp3) is 0.130. The Morgan fingerprint density at radius 1 is 0.609 bits per heavy atom. The zero-order valence-corrected chi connectivity index (χ0v) is 13.8. The normalized spacial score (nSPS) is 11.0. The Morgan fingerprint density at radius 2 is 1.09 bits per heavy atom. The van der Waals surface area contributed by atoms with E-state index in [2.05, 4.69) is 98.8 Å². The summed E-state index contributed by atoms with van der Waals surface area (Å²) in [5, 5.41) is 0. The quantitative estimate of drug-likeness (QED) is 0.536. The van der Waals surface area contributed by atoms with Gasteiger partial charge in [-0.1, -0.05) is 96.1 Å². The zero-order chi connectivity index (χ0) is 16.1. The van der Waals surface area contributed by atoms with E-state index >= 15 is 0 Å². The molecular formula is C23H22. The molecule has 0 bridgehead atoms. The third-order valence-electron chi connectivity index (χ3n) is 4.08. The number of rotatable bonds is 4. The highest BCUT2D eigenvalue weighted by atomic mass is 14.0. The summed E-state index contributed by atoms with van der Waals surface area (Å²) in [6, 6.07) is 26.1. The van der Waals surface area contributed by atoms with Gasteiger partial charge >= 0.3 is 0 Å². The van der Waals surface area contributed by atoms with Crippen LogP contribution >= 0.6 is 0 Å². The van der Waals surface area contributed by atoms with Gasteiger partial charge in [0, 0.05) is 0 Å². The monoisotopic (exact) mass is 298 g/mol. The van der Waals surface area contributed by atoms with Gasteiger partial charge in [-0.05, 0) is 42.5 Å². The highest BCUT2D eigenvalue weighted by Crippen LogP contribution is 2.20. The fourth-order valence-electron chi connectivity index (χ4n) is 2.59. The van der Waals surface area contributed by atoms with Crippen LogP contribution in [0.4, 0.5) is 0 Å². The number of hydrogen-bond acceptors (Lipinski definition) is 0. The molecule has 0 radical (unpaired) electrons. The maximum absolute atomic E-state index is 2.23. The number of aryl methyl sites for hydroxylation is 2. The van der Waals surface area contributed by atoms with E-state index in [0.717, 1.165) is 6.42 Å². The molecule has 0 aliphatic heterocycles. The van der Waals surface area contributed by atoms with Crippen molar-refractivity contribution in [1.29, 1.82) is 0 Å². The Labute approximate surface area is 139 Å². The summed E-state index contributed by atoms with van der Waals surface area (Å²) in [5.74, 6) is 0. The first-order chi connectivity index (χ1) is 11.2. The number of benzene rings is 3. The molecule has 0 unspecified atom stereocenters. The molecule has 0 spiro atoms. The molecular weight excluding hydrogens is 276 g/mol. The SMILES string of the molecule is Cc1ccc(CC=Cc2ccc(-c3ccc(C)cc3)cc2)cc1. The number of hydrogen-bond donors (Lipinski definition) is 0. The lowest BCUT2D eigenvalue weighted by Gasteiger charge is -2.03. The average molecular weight is 298 g/mol. The van der Waals surface area contributed by atoms with E-state index in [-0.39, 0.29) is 0 Å². The molecule has 23 heavy (non-hydrogen) atoms. The van der Waals surface area contributed by atoms with E-state index < -0.39 is 0 Å². The van der Waals surface area contributed by atoms with Crippen molar-refractivity contribution in [3.8, 4) is 11.1 Å². The van der Waals surface area contributed by atoms with Crippen LogP contribution in [0.15, 0.2) is 78.9 Å². The van der Waals surface area contributed by atoms with Gasteiger partial charge in [-0.25, -0.2) is 0 Å². The van der Waals surface area contributed by atoms with Crippen molar-refractivity contribution in [2.24, 2.45) is 0 Å². The summed E-state index contributed by atoms with van der Waals surface area (Å²) < 4.78 is 0. The Balaban J connectivity index is 1.66. The smallest absolute Gasteiger partial charge is 0.00941 e. The Hall–Kier alpha value is -2.60. The highest BCUT2D eigenvalue weighted by molar-refractivity contribution is 5.66. The van der Waals surface area contributed by atoms with Gasteiger partial charge in [0.2, 0.25) is 0 Å². The van der Waals surface area contributed by atoms with Gasteiger partial charge < -0.3 is 0 Å². The minimum absolute atomic E-state index is 0.972. The van der Waals surface area contributed by atoms with Crippen molar-refractivity contribution in [3.05, 3.63) is 101 Å². The van der Waals surface area contributed by atoms with Gasteiger partial charge in [0.05, 0.1) is 0 Å². The molecule has 0 saturated carbocycles. The van der Waals surface area contributed by atoms with Crippen LogP contribution in [-0.2, 0) is 6.42 Å². The van der Waals surface area contributed by atoms with Gasteiger partial charge in [-0.15, -0.1) is 0 Å². The van der Waals surface area contributed by atoms with Crippen molar-refractivity contribution in [2.45, 2.75) is 20.3 Å². The Bertz CT molecular complexity index is 773. The van der Waals surface area contributed by atoms with Crippen LogP contribution in [0.3, 0.4) is 0 Å². The van der Waals surface area contributed by atoms with E-state index in [0.29, 0.717) is 0 Å². The molecule has 0 atom stereocenters. The predicted octanol–water partition coefficient (Wildman–Crippen LogP) is 6.23. The molecule has 0 amide bonds. The van der Waals surface area contributed by atoms with Gasteiger partial charge in [-0.3, -0.25) is 0 Å². The molecule has 3 rings (SSSR count). The summed E-state index contributed by atoms with van der Waals surface area (Å²) >= 11 is 0. The molecule has 0 aliphatic rings. The van der Waals surface area contributed by atoms with E-state index in [4.69, 9.17) is 0 Å². The van der Waals surface area contributed by atoms with E-state index in [9.17, 15) is 0 Å². The first-order valence-corrected chi connectivity index (χ1v) is 8.10. The van der Waals surface area contributed by atoms with Crippen LogP contribution in [0.25, 0.3) is 17.2 Å². The van der Waals surface area contributed by atoms with Crippen LogP contribution < -0.4 is 0 Å². The molecule has 0 aliphatic carbocycles. The van der Waals surface area contributed by atoms with Crippen LogP contribution in [0.2, 0.25) is 0 Å². The molecule has 0 fully saturated rings. The fourth-order valence-corrected chi connectivity index (χ4v) is 2.59. The molecule has 0 N–H and O–H groups in total. The Morgan fingerprint density at radius 3 is 1.65 bits per heavy atom. The second kappa shape index (κ2) is 7.11. The third-order valence-corrected chi connectivity index (χ3v) is 4.08. The lowest BCUT2D eigenvalue weighted by atomic mass is 10.0. The molecule has 0 saturated heterocycles. The molecule has 3 aromatic rings. The van der Waals surface area contributed by atoms with Crippen molar-refractivity contribution in [2.75, 3.05) is 0 Å². The first-order valence-electron chi connectivity index (χ1n) is 8.10. The van der Waals surface area contributed by atoms with Crippen molar-refractivity contribution < 1.29 is 0 Å². The van der Waals surface area contributed by atoms with Gasteiger partial charge in [0.1, 0.15) is 0 Å². The lowest BCUT2D eigenvalue weighted by Crippen LogP contribution is -1.82. The maximum Gasteiger partial charge on any atom is -0.00941 e. The Kier molecular flexibility index (Phi) is 4.73. The lowest BCUT2D eigenvalue weighted by molar-refractivity contribution is 1.26. The van der Waals surface area contributed by atoms with Crippen molar-refractivity contribution in [1.82, 2.24) is 0 Å². The van der Waals surface area contributed by atoms with Crippen LogP contribution in [0, 0.1) is 13.8 Å². The average Bonchev–Trinajstić information content (AvgIpc) is 2.58. The molecule has 0 nitrogen and oxygen atoms in total. The molecule has 0 heterocycles. The summed E-state index contributed by atoms with van der Waals surface area (Å²) in [5.41, 5.74) is 7.73. The summed E-state index contributed by atoms with van der Waals surface area (Å²) in [6.07, 6.45) is 5.39. The zero-order valence-electron chi connectivity index (χ0n) is 13.8. The largest absolute Gasteiger partial charge is 0.0795 e. The maximum atomic E-state index is 2.23.